The number of nitrogens with one attached hydrogen (secondary N) is 1. The molecule has 2 N–H and O–H groups in total. The first-order valence-electron chi connectivity index (χ1n) is 9.88. The predicted octanol–water partition coefficient (Wildman–Crippen LogP) is 3.48. The molecule has 0 unspecified atom stereocenters. The molecule has 0 radical (unpaired) electrons. The third-order valence-corrected chi connectivity index (χ3v) is 5.81. The van der Waals surface area contributed by atoms with Crippen LogP contribution in [-0.4, -0.2) is 53.2 Å². The number of fused-ring (bicyclic) bond motifs is 1. The Morgan fingerprint density at radius 2 is 1.86 bits per heavy atom. The third-order valence-electron chi connectivity index (χ3n) is 5.81. The Morgan fingerprint density at radius 3 is 2.62 bits per heavy atom. The van der Waals surface area contributed by atoms with Crippen molar-refractivity contribution in [3.63, 3.8) is 0 Å². The van der Waals surface area contributed by atoms with Gasteiger partial charge in [-0.25, -0.2) is 14.0 Å². The topological polar surface area (TPSA) is 72.9 Å². The van der Waals surface area contributed by atoms with Crippen LogP contribution in [-0.2, 0) is 6.42 Å². The van der Waals surface area contributed by atoms with Crippen molar-refractivity contribution in [2.24, 2.45) is 5.92 Å². The van der Waals surface area contributed by atoms with Gasteiger partial charge in [0.25, 0.3) is 0 Å². The van der Waals surface area contributed by atoms with Gasteiger partial charge in [0.2, 0.25) is 0 Å². The summed E-state index contributed by atoms with van der Waals surface area (Å²) in [6.07, 6.45) is 0.508. The standard InChI is InChI=1S/C22H24FN3O3/c23-18-7-5-17(6-8-18)20-19-4-2-1-3-16(19)10-12-26(20)22(29)25-11-9-15(14-25)13-24-21(27)28/h1-8,15,20,24H,9-14H2,(H,27,28)/t15-,20-/m0/s1. The molecule has 2 heterocycles. The van der Waals surface area contributed by atoms with Crippen LogP contribution in [0.15, 0.2) is 48.5 Å². The molecule has 2 atom stereocenters. The Balaban J connectivity index is 1.58. The normalized spacial score (nSPS) is 21.0. The van der Waals surface area contributed by atoms with Crippen LogP contribution in [0.3, 0.4) is 0 Å². The Labute approximate surface area is 168 Å². The molecule has 7 heteroatoms. The quantitative estimate of drug-likeness (QED) is 0.833. The van der Waals surface area contributed by atoms with Gasteiger partial charge < -0.3 is 20.2 Å². The summed E-state index contributed by atoms with van der Waals surface area (Å²) in [6.45, 7) is 2.09. The number of nitrogens with zero attached hydrogens (tertiary/aromatic N) is 2. The van der Waals surface area contributed by atoms with Crippen molar-refractivity contribution in [1.82, 2.24) is 15.1 Å². The van der Waals surface area contributed by atoms with Crippen molar-refractivity contribution < 1.29 is 19.1 Å². The van der Waals surface area contributed by atoms with Crippen LogP contribution < -0.4 is 5.32 Å². The average molecular weight is 397 g/mol. The lowest BCUT2D eigenvalue weighted by Crippen LogP contribution is -2.47. The van der Waals surface area contributed by atoms with Gasteiger partial charge in [-0.15, -0.1) is 0 Å². The highest BCUT2D eigenvalue weighted by Crippen LogP contribution is 2.36. The van der Waals surface area contributed by atoms with Crippen LogP contribution in [0.4, 0.5) is 14.0 Å². The Bertz CT molecular complexity index is 902. The lowest BCUT2D eigenvalue weighted by Gasteiger charge is -2.39. The minimum absolute atomic E-state index is 0.0494. The lowest BCUT2D eigenvalue weighted by molar-refractivity contribution is 0.144. The van der Waals surface area contributed by atoms with Gasteiger partial charge in [-0.3, -0.25) is 0 Å². The van der Waals surface area contributed by atoms with Gasteiger partial charge in [0.05, 0.1) is 6.04 Å². The number of carbonyl (C=O) groups is 2. The molecule has 29 heavy (non-hydrogen) atoms. The smallest absolute Gasteiger partial charge is 0.404 e. The molecule has 1 saturated heterocycles. The van der Waals surface area contributed by atoms with E-state index >= 15 is 0 Å². The summed E-state index contributed by atoms with van der Waals surface area (Å²) >= 11 is 0. The van der Waals surface area contributed by atoms with E-state index in [-0.39, 0.29) is 23.8 Å². The highest BCUT2D eigenvalue weighted by Gasteiger charge is 2.36. The zero-order chi connectivity index (χ0) is 20.4. The largest absolute Gasteiger partial charge is 0.465 e. The molecule has 2 aliphatic heterocycles. The van der Waals surface area contributed by atoms with Crippen molar-refractivity contribution in [2.45, 2.75) is 18.9 Å². The van der Waals surface area contributed by atoms with Gasteiger partial charge in [0.15, 0.2) is 0 Å². The van der Waals surface area contributed by atoms with Crippen LogP contribution in [0.1, 0.15) is 29.2 Å². The molecule has 2 aromatic rings. The predicted molar refractivity (Wildman–Crippen MR) is 106 cm³/mol. The van der Waals surface area contributed by atoms with E-state index in [0.717, 1.165) is 24.0 Å². The highest BCUT2D eigenvalue weighted by molar-refractivity contribution is 5.76. The van der Waals surface area contributed by atoms with E-state index in [1.54, 1.807) is 17.0 Å². The first-order chi connectivity index (χ1) is 14.0. The summed E-state index contributed by atoms with van der Waals surface area (Å²) in [7, 11) is 0. The number of hydrogen-bond donors (Lipinski definition) is 2. The number of hydrogen-bond acceptors (Lipinski definition) is 2. The van der Waals surface area contributed by atoms with Crippen molar-refractivity contribution >= 4 is 12.1 Å². The van der Waals surface area contributed by atoms with Crippen molar-refractivity contribution in [2.75, 3.05) is 26.2 Å². The zero-order valence-corrected chi connectivity index (χ0v) is 16.1. The van der Waals surface area contributed by atoms with Gasteiger partial charge >= 0.3 is 12.1 Å². The van der Waals surface area contributed by atoms with Gasteiger partial charge in [0.1, 0.15) is 5.82 Å². The minimum atomic E-state index is -1.04. The summed E-state index contributed by atoms with van der Waals surface area (Å²) in [5.74, 6) is -0.180. The molecule has 1 fully saturated rings. The van der Waals surface area contributed by atoms with E-state index in [0.29, 0.717) is 26.2 Å². The van der Waals surface area contributed by atoms with Gasteiger partial charge in [-0.1, -0.05) is 36.4 Å². The van der Waals surface area contributed by atoms with Crippen molar-refractivity contribution in [1.29, 1.82) is 0 Å². The Kier molecular flexibility index (Phi) is 5.38. The van der Waals surface area contributed by atoms with Crippen LogP contribution in [0.5, 0.6) is 0 Å². The summed E-state index contributed by atoms with van der Waals surface area (Å²) in [4.78, 5) is 27.8. The number of likely N-dealkylation sites (tertiary alicyclic amines) is 1. The highest BCUT2D eigenvalue weighted by atomic mass is 19.1. The molecule has 0 spiro atoms. The Morgan fingerprint density at radius 1 is 1.10 bits per heavy atom. The summed E-state index contributed by atoms with van der Waals surface area (Å²) in [6, 6.07) is 14.1. The number of urea groups is 1. The first-order valence-corrected chi connectivity index (χ1v) is 9.88. The molecule has 0 aromatic heterocycles. The van der Waals surface area contributed by atoms with E-state index in [4.69, 9.17) is 5.11 Å². The molecule has 0 aliphatic carbocycles. The van der Waals surface area contributed by atoms with Crippen LogP contribution in [0.25, 0.3) is 0 Å². The van der Waals surface area contributed by atoms with E-state index in [1.807, 2.05) is 23.1 Å². The SMILES string of the molecule is O=C(O)NC[C@@H]1CCN(C(=O)N2CCc3ccccc3[C@@H]2c2ccc(F)cc2)C1. The molecule has 0 bridgehead atoms. The summed E-state index contributed by atoms with van der Waals surface area (Å²) in [5.41, 5.74) is 3.16. The fraction of sp³-hybridized carbons (Fsp3) is 0.364. The van der Waals surface area contributed by atoms with Crippen LogP contribution >= 0.6 is 0 Å². The molecule has 2 aromatic carbocycles. The van der Waals surface area contributed by atoms with Crippen molar-refractivity contribution in [3.8, 4) is 0 Å². The Hall–Kier alpha value is -3.09. The molecule has 152 valence electrons. The molecule has 6 nitrogen and oxygen atoms in total. The maximum atomic E-state index is 13.5. The van der Waals surface area contributed by atoms with E-state index < -0.39 is 6.09 Å². The van der Waals surface area contributed by atoms with E-state index in [2.05, 4.69) is 11.4 Å². The molecule has 3 amide bonds. The second kappa shape index (κ2) is 8.11. The molecule has 2 aliphatic rings. The lowest BCUT2D eigenvalue weighted by atomic mass is 9.88. The number of amides is 3. The second-order valence-corrected chi connectivity index (χ2v) is 7.67. The number of rotatable bonds is 3. The van der Waals surface area contributed by atoms with Gasteiger partial charge in [0, 0.05) is 26.2 Å². The maximum Gasteiger partial charge on any atom is 0.404 e. The number of carboxylic acid groups (broad SMARTS) is 1. The summed E-state index contributed by atoms with van der Waals surface area (Å²) < 4.78 is 13.5. The van der Waals surface area contributed by atoms with Crippen LogP contribution in [0, 0.1) is 11.7 Å². The number of halogens is 1. The number of carbonyl (C=O) groups excluding carboxylic acids is 1. The third kappa shape index (κ3) is 4.04. The monoisotopic (exact) mass is 397 g/mol. The first kappa shape index (κ1) is 19.2. The molecule has 4 rings (SSSR count). The van der Waals surface area contributed by atoms with Gasteiger partial charge in [-0.05, 0) is 47.6 Å². The summed E-state index contributed by atoms with van der Waals surface area (Å²) in [5, 5.41) is 11.2. The maximum absolute atomic E-state index is 13.5. The van der Waals surface area contributed by atoms with Crippen molar-refractivity contribution in [3.05, 3.63) is 71.0 Å². The second-order valence-electron chi connectivity index (χ2n) is 7.67. The molecular weight excluding hydrogens is 373 g/mol. The molecule has 0 saturated carbocycles. The fourth-order valence-corrected chi connectivity index (χ4v) is 4.36. The van der Waals surface area contributed by atoms with Crippen LogP contribution in [0.2, 0.25) is 0 Å². The van der Waals surface area contributed by atoms with E-state index in [9.17, 15) is 14.0 Å². The zero-order valence-electron chi connectivity index (χ0n) is 16.1. The van der Waals surface area contributed by atoms with E-state index in [1.165, 1.54) is 17.7 Å². The average Bonchev–Trinajstić information content (AvgIpc) is 3.21. The molecular formula is C22H24FN3O3. The minimum Gasteiger partial charge on any atom is -0.465 e. The fourth-order valence-electron chi connectivity index (χ4n) is 4.36. The number of benzene rings is 2. The van der Waals surface area contributed by atoms with Gasteiger partial charge in [-0.2, -0.15) is 0 Å².